The number of hydrogen-bond donors (Lipinski definition) is 2. The van der Waals surface area contributed by atoms with Crippen LogP contribution in [-0.2, 0) is 13.1 Å². The summed E-state index contributed by atoms with van der Waals surface area (Å²) >= 11 is 0. The minimum atomic E-state index is 0.806. The molecule has 23 heavy (non-hydrogen) atoms. The van der Waals surface area contributed by atoms with E-state index in [4.69, 9.17) is 0 Å². The molecule has 0 aromatic heterocycles. The predicted molar refractivity (Wildman–Crippen MR) is 96.5 cm³/mol. The molecule has 0 bridgehead atoms. The van der Waals surface area contributed by atoms with Gasteiger partial charge in [-0.05, 0) is 56.6 Å². The number of benzene rings is 1. The van der Waals surface area contributed by atoms with Gasteiger partial charge in [0.2, 0.25) is 0 Å². The summed E-state index contributed by atoms with van der Waals surface area (Å²) in [5.74, 6) is 0.806. The first kappa shape index (κ1) is 16.9. The largest absolute Gasteiger partial charge is 0.316 e. The highest BCUT2D eigenvalue weighted by molar-refractivity contribution is 5.22. The van der Waals surface area contributed by atoms with Crippen molar-refractivity contribution in [1.82, 2.24) is 20.4 Å². The second kappa shape index (κ2) is 8.78. The first-order valence-corrected chi connectivity index (χ1v) is 9.20. The van der Waals surface area contributed by atoms with Gasteiger partial charge in [-0.25, -0.2) is 0 Å². The lowest BCUT2D eigenvalue weighted by Crippen LogP contribution is -2.43. The van der Waals surface area contributed by atoms with Crippen LogP contribution in [0, 0.1) is 5.92 Å². The summed E-state index contributed by atoms with van der Waals surface area (Å²) in [5, 5.41) is 7.11. The second-order valence-electron chi connectivity index (χ2n) is 7.24. The number of piperidine rings is 1. The Bertz CT molecular complexity index is 445. The van der Waals surface area contributed by atoms with Gasteiger partial charge in [0, 0.05) is 39.3 Å². The van der Waals surface area contributed by atoms with Crippen LogP contribution in [0.2, 0.25) is 0 Å². The van der Waals surface area contributed by atoms with Crippen LogP contribution < -0.4 is 10.6 Å². The van der Waals surface area contributed by atoms with E-state index in [0.717, 1.165) is 25.6 Å². The van der Waals surface area contributed by atoms with E-state index in [1.165, 1.54) is 63.2 Å². The van der Waals surface area contributed by atoms with Crippen molar-refractivity contribution in [2.45, 2.75) is 25.9 Å². The smallest absolute Gasteiger partial charge is 0.0234 e. The Morgan fingerprint density at radius 1 is 1.09 bits per heavy atom. The third kappa shape index (κ3) is 5.57. The molecule has 4 heteroatoms. The van der Waals surface area contributed by atoms with Gasteiger partial charge in [-0.2, -0.15) is 0 Å². The maximum absolute atomic E-state index is 3.62. The van der Waals surface area contributed by atoms with Gasteiger partial charge in [-0.3, -0.25) is 4.90 Å². The molecular formula is C19H32N4. The summed E-state index contributed by atoms with van der Waals surface area (Å²) in [6.45, 7) is 10.4. The van der Waals surface area contributed by atoms with Gasteiger partial charge in [0.25, 0.3) is 0 Å². The molecule has 2 heterocycles. The highest BCUT2D eigenvalue weighted by atomic mass is 15.2. The van der Waals surface area contributed by atoms with Crippen molar-refractivity contribution in [2.75, 3.05) is 52.9 Å². The number of nitrogens with zero attached hydrogens (tertiary/aromatic N) is 2. The van der Waals surface area contributed by atoms with Gasteiger partial charge >= 0.3 is 0 Å². The van der Waals surface area contributed by atoms with E-state index in [2.05, 4.69) is 51.7 Å². The molecule has 1 unspecified atom stereocenters. The zero-order valence-electron chi connectivity index (χ0n) is 14.6. The van der Waals surface area contributed by atoms with E-state index in [1.807, 2.05) is 0 Å². The van der Waals surface area contributed by atoms with Crippen molar-refractivity contribution in [3.8, 4) is 0 Å². The minimum absolute atomic E-state index is 0.806. The van der Waals surface area contributed by atoms with Crippen LogP contribution in [0.1, 0.15) is 24.0 Å². The van der Waals surface area contributed by atoms with Gasteiger partial charge in [0.15, 0.2) is 0 Å². The molecule has 0 spiro atoms. The number of likely N-dealkylation sites (N-methyl/N-ethyl adjacent to an activating group) is 1. The highest BCUT2D eigenvalue weighted by Crippen LogP contribution is 2.11. The van der Waals surface area contributed by atoms with E-state index >= 15 is 0 Å². The van der Waals surface area contributed by atoms with Gasteiger partial charge < -0.3 is 15.5 Å². The standard InChI is InChI=1S/C19H32N4/c1-22-9-11-23(12-10-22)16-18-6-4-17(5-7-18)13-21-15-19-3-2-8-20-14-19/h4-7,19-21H,2-3,8-16H2,1H3. The molecule has 1 aromatic carbocycles. The lowest BCUT2D eigenvalue weighted by Gasteiger charge is -2.32. The molecule has 0 aliphatic carbocycles. The summed E-state index contributed by atoms with van der Waals surface area (Å²) in [6, 6.07) is 9.18. The monoisotopic (exact) mass is 316 g/mol. The molecule has 2 aliphatic heterocycles. The fourth-order valence-corrected chi connectivity index (χ4v) is 3.55. The molecule has 2 saturated heterocycles. The summed E-state index contributed by atoms with van der Waals surface area (Å²) in [4.78, 5) is 4.97. The van der Waals surface area contributed by atoms with Crippen molar-refractivity contribution in [1.29, 1.82) is 0 Å². The summed E-state index contributed by atoms with van der Waals surface area (Å²) in [7, 11) is 2.21. The Morgan fingerprint density at radius 2 is 1.83 bits per heavy atom. The predicted octanol–water partition coefficient (Wildman–Crippen LogP) is 1.52. The Kier molecular flexibility index (Phi) is 6.46. The summed E-state index contributed by atoms with van der Waals surface area (Å²) < 4.78 is 0. The van der Waals surface area contributed by atoms with Gasteiger partial charge in [-0.1, -0.05) is 24.3 Å². The quantitative estimate of drug-likeness (QED) is 0.833. The molecule has 4 nitrogen and oxygen atoms in total. The van der Waals surface area contributed by atoms with Crippen molar-refractivity contribution in [3.63, 3.8) is 0 Å². The average molecular weight is 316 g/mol. The topological polar surface area (TPSA) is 30.5 Å². The number of rotatable bonds is 6. The van der Waals surface area contributed by atoms with Crippen LogP contribution in [0.3, 0.4) is 0 Å². The number of piperazine rings is 1. The van der Waals surface area contributed by atoms with Crippen molar-refractivity contribution in [2.24, 2.45) is 5.92 Å². The van der Waals surface area contributed by atoms with Crippen molar-refractivity contribution in [3.05, 3.63) is 35.4 Å². The Morgan fingerprint density at radius 3 is 2.52 bits per heavy atom. The van der Waals surface area contributed by atoms with Crippen LogP contribution in [0.4, 0.5) is 0 Å². The number of hydrogen-bond acceptors (Lipinski definition) is 4. The molecule has 0 radical (unpaired) electrons. The van der Waals surface area contributed by atoms with E-state index < -0.39 is 0 Å². The Balaban J connectivity index is 1.38. The van der Waals surface area contributed by atoms with Crippen LogP contribution in [0.15, 0.2) is 24.3 Å². The fraction of sp³-hybridized carbons (Fsp3) is 0.684. The molecule has 0 saturated carbocycles. The normalized spacial score (nSPS) is 24.0. The van der Waals surface area contributed by atoms with Gasteiger partial charge in [-0.15, -0.1) is 0 Å². The maximum atomic E-state index is 3.62. The molecular weight excluding hydrogens is 284 g/mol. The zero-order valence-corrected chi connectivity index (χ0v) is 14.6. The average Bonchev–Trinajstić information content (AvgIpc) is 2.59. The molecule has 2 fully saturated rings. The second-order valence-corrected chi connectivity index (χ2v) is 7.24. The molecule has 2 N–H and O–H groups in total. The van der Waals surface area contributed by atoms with Crippen molar-refractivity contribution >= 4 is 0 Å². The molecule has 0 amide bonds. The van der Waals surface area contributed by atoms with Gasteiger partial charge in [0.1, 0.15) is 0 Å². The van der Waals surface area contributed by atoms with Crippen molar-refractivity contribution < 1.29 is 0 Å². The SMILES string of the molecule is CN1CCN(Cc2ccc(CNCC3CCCNC3)cc2)CC1. The third-order valence-corrected chi connectivity index (χ3v) is 5.19. The van der Waals surface area contributed by atoms with Crippen LogP contribution in [0.5, 0.6) is 0 Å². The minimum Gasteiger partial charge on any atom is -0.316 e. The first-order valence-electron chi connectivity index (χ1n) is 9.20. The molecule has 3 rings (SSSR count). The van der Waals surface area contributed by atoms with Crippen LogP contribution in [-0.4, -0.2) is 62.7 Å². The molecule has 1 aromatic rings. The molecule has 128 valence electrons. The van der Waals surface area contributed by atoms with E-state index in [9.17, 15) is 0 Å². The van der Waals surface area contributed by atoms with E-state index in [-0.39, 0.29) is 0 Å². The summed E-state index contributed by atoms with van der Waals surface area (Å²) in [5.41, 5.74) is 2.84. The molecule has 1 atom stereocenters. The molecule has 2 aliphatic rings. The first-order chi connectivity index (χ1) is 11.3. The van der Waals surface area contributed by atoms with Gasteiger partial charge in [0.05, 0.1) is 0 Å². The lowest BCUT2D eigenvalue weighted by atomic mass is 10.00. The van der Waals surface area contributed by atoms with E-state index in [0.29, 0.717) is 0 Å². The lowest BCUT2D eigenvalue weighted by molar-refractivity contribution is 0.148. The Hall–Kier alpha value is -0.940. The van der Waals surface area contributed by atoms with Crippen LogP contribution in [0.25, 0.3) is 0 Å². The fourth-order valence-electron chi connectivity index (χ4n) is 3.55. The number of nitrogens with one attached hydrogen (secondary N) is 2. The summed E-state index contributed by atoms with van der Waals surface area (Å²) in [6.07, 6.45) is 2.69. The highest BCUT2D eigenvalue weighted by Gasteiger charge is 2.14. The van der Waals surface area contributed by atoms with Crippen LogP contribution >= 0.6 is 0 Å². The maximum Gasteiger partial charge on any atom is 0.0234 e. The third-order valence-electron chi connectivity index (χ3n) is 5.19. The zero-order chi connectivity index (χ0) is 15.9. The Labute approximate surface area is 141 Å². The van der Waals surface area contributed by atoms with E-state index in [1.54, 1.807) is 0 Å².